The molecule has 0 spiro atoms. The third kappa shape index (κ3) is 2.51. The minimum atomic E-state index is -2.54. The maximum Gasteiger partial charge on any atom is 0.265 e. The van der Waals surface area contributed by atoms with Crippen LogP contribution in [0.1, 0.15) is 30.0 Å². The first-order valence-corrected chi connectivity index (χ1v) is 6.39. The highest BCUT2D eigenvalue weighted by Crippen LogP contribution is 2.40. The quantitative estimate of drug-likeness (QED) is 0.917. The van der Waals surface area contributed by atoms with E-state index in [1.807, 2.05) is 7.05 Å². The molecule has 0 radical (unpaired) electrons. The highest BCUT2D eigenvalue weighted by atomic mass is 35.5. The van der Waals surface area contributed by atoms with Gasteiger partial charge in [0.25, 0.3) is 6.43 Å². The number of benzene rings is 1. The number of likely N-dealkylation sites (tertiary alicyclic amines) is 1. The molecule has 2 N–H and O–H groups in total. The van der Waals surface area contributed by atoms with Crippen molar-refractivity contribution >= 4 is 11.6 Å². The van der Waals surface area contributed by atoms with E-state index in [0.29, 0.717) is 18.0 Å². The molecule has 2 rings (SSSR count). The van der Waals surface area contributed by atoms with Crippen LogP contribution in [0.3, 0.4) is 0 Å². The van der Waals surface area contributed by atoms with Crippen molar-refractivity contribution in [2.45, 2.75) is 18.9 Å². The molecular formula is C13H17ClF2N2. The first-order valence-electron chi connectivity index (χ1n) is 6.01. The molecule has 0 saturated carbocycles. The molecule has 0 aromatic heterocycles. The van der Waals surface area contributed by atoms with E-state index in [2.05, 4.69) is 4.90 Å². The minimum absolute atomic E-state index is 0.0127. The fourth-order valence-corrected chi connectivity index (χ4v) is 2.98. The van der Waals surface area contributed by atoms with Crippen LogP contribution in [-0.4, -0.2) is 25.0 Å². The van der Waals surface area contributed by atoms with E-state index in [0.717, 1.165) is 13.0 Å². The fourth-order valence-electron chi connectivity index (χ4n) is 2.71. The molecule has 5 heteroatoms. The molecular weight excluding hydrogens is 258 g/mol. The Kier molecular flexibility index (Phi) is 4.20. The van der Waals surface area contributed by atoms with Crippen LogP contribution in [0.4, 0.5) is 8.78 Å². The van der Waals surface area contributed by atoms with Crippen molar-refractivity contribution < 1.29 is 8.78 Å². The van der Waals surface area contributed by atoms with Gasteiger partial charge in [0.1, 0.15) is 0 Å². The average Bonchev–Trinajstić information content (AvgIpc) is 2.69. The summed E-state index contributed by atoms with van der Waals surface area (Å²) in [6.45, 7) is 1.43. The van der Waals surface area contributed by atoms with E-state index in [1.165, 1.54) is 6.07 Å². The Labute approximate surface area is 111 Å². The Morgan fingerprint density at radius 3 is 2.78 bits per heavy atom. The smallest absolute Gasteiger partial charge is 0.265 e. The summed E-state index contributed by atoms with van der Waals surface area (Å²) in [7, 11) is 1.94. The summed E-state index contributed by atoms with van der Waals surface area (Å²) < 4.78 is 26.2. The van der Waals surface area contributed by atoms with Gasteiger partial charge < -0.3 is 5.73 Å². The fraction of sp³-hybridized carbons (Fsp3) is 0.538. The van der Waals surface area contributed by atoms with Crippen LogP contribution in [0.15, 0.2) is 18.2 Å². The molecule has 2 nitrogen and oxygen atoms in total. The molecule has 2 unspecified atom stereocenters. The van der Waals surface area contributed by atoms with Crippen LogP contribution in [0.25, 0.3) is 0 Å². The molecule has 1 saturated heterocycles. The number of nitrogens with zero attached hydrogens (tertiary/aromatic N) is 1. The number of halogens is 3. The van der Waals surface area contributed by atoms with Gasteiger partial charge in [-0.25, -0.2) is 8.78 Å². The topological polar surface area (TPSA) is 29.3 Å². The predicted molar refractivity (Wildman–Crippen MR) is 68.9 cm³/mol. The van der Waals surface area contributed by atoms with E-state index in [1.54, 1.807) is 12.1 Å². The van der Waals surface area contributed by atoms with Gasteiger partial charge in [-0.15, -0.1) is 0 Å². The van der Waals surface area contributed by atoms with Crippen LogP contribution in [0.2, 0.25) is 5.02 Å². The van der Waals surface area contributed by atoms with Gasteiger partial charge in [-0.3, -0.25) is 4.90 Å². The molecule has 2 atom stereocenters. The standard InChI is InChI=1S/C13H17ClF2N2/c1-18-7-8(6-17)5-11(18)9-3-2-4-10(14)12(9)13(15)16/h2-4,8,11,13H,5-7,17H2,1H3. The SMILES string of the molecule is CN1CC(CN)CC1c1cccc(Cl)c1C(F)F. The van der Waals surface area contributed by atoms with Crippen molar-refractivity contribution in [3.05, 3.63) is 34.3 Å². The Balaban J connectivity index is 2.36. The van der Waals surface area contributed by atoms with Crippen molar-refractivity contribution in [1.29, 1.82) is 0 Å². The normalized spacial score (nSPS) is 25.0. The summed E-state index contributed by atoms with van der Waals surface area (Å²) >= 11 is 5.90. The van der Waals surface area contributed by atoms with Gasteiger partial charge in [0.05, 0.1) is 0 Å². The zero-order chi connectivity index (χ0) is 13.3. The molecule has 0 bridgehead atoms. The number of hydrogen-bond acceptors (Lipinski definition) is 2. The van der Waals surface area contributed by atoms with Gasteiger partial charge in [0.15, 0.2) is 0 Å². The lowest BCUT2D eigenvalue weighted by Crippen LogP contribution is -2.21. The zero-order valence-corrected chi connectivity index (χ0v) is 11.0. The molecule has 0 amide bonds. The van der Waals surface area contributed by atoms with Gasteiger partial charge >= 0.3 is 0 Å². The maximum atomic E-state index is 13.1. The Morgan fingerprint density at radius 2 is 2.22 bits per heavy atom. The number of nitrogens with two attached hydrogens (primary N) is 1. The molecule has 1 aromatic rings. The van der Waals surface area contributed by atoms with Crippen LogP contribution in [0, 0.1) is 5.92 Å². The zero-order valence-electron chi connectivity index (χ0n) is 10.2. The third-order valence-corrected chi connectivity index (χ3v) is 3.96. The van der Waals surface area contributed by atoms with Crippen molar-refractivity contribution in [3.8, 4) is 0 Å². The largest absolute Gasteiger partial charge is 0.330 e. The summed E-state index contributed by atoms with van der Waals surface area (Å²) in [6.07, 6.45) is -1.73. The average molecular weight is 275 g/mol. The van der Waals surface area contributed by atoms with E-state index >= 15 is 0 Å². The van der Waals surface area contributed by atoms with E-state index in [9.17, 15) is 8.78 Å². The molecule has 1 aliphatic rings. The van der Waals surface area contributed by atoms with Crippen LogP contribution in [0.5, 0.6) is 0 Å². The molecule has 100 valence electrons. The molecule has 1 aromatic carbocycles. The molecule has 1 heterocycles. The summed E-state index contributed by atoms with van der Waals surface area (Å²) in [5, 5.41) is 0.145. The van der Waals surface area contributed by atoms with Crippen molar-refractivity contribution in [2.75, 3.05) is 20.1 Å². The highest BCUT2D eigenvalue weighted by molar-refractivity contribution is 6.31. The Hall–Kier alpha value is -0.710. The lowest BCUT2D eigenvalue weighted by Gasteiger charge is -2.23. The summed E-state index contributed by atoms with van der Waals surface area (Å²) in [5.41, 5.74) is 6.26. The summed E-state index contributed by atoms with van der Waals surface area (Å²) in [4.78, 5) is 2.08. The first kappa shape index (κ1) is 13.7. The molecule has 0 aliphatic carbocycles. The predicted octanol–water partition coefficient (Wildman–Crippen LogP) is 3.23. The molecule has 18 heavy (non-hydrogen) atoms. The highest BCUT2D eigenvalue weighted by Gasteiger charge is 2.33. The van der Waals surface area contributed by atoms with Crippen molar-refractivity contribution in [3.63, 3.8) is 0 Å². The van der Waals surface area contributed by atoms with Crippen molar-refractivity contribution in [1.82, 2.24) is 4.90 Å². The monoisotopic (exact) mass is 274 g/mol. The van der Waals surface area contributed by atoms with Gasteiger partial charge in [0, 0.05) is 23.2 Å². The summed E-state index contributed by atoms with van der Waals surface area (Å²) in [6, 6.07) is 4.98. The molecule has 1 aliphatic heterocycles. The van der Waals surface area contributed by atoms with Gasteiger partial charge in [-0.05, 0) is 37.6 Å². The second-order valence-corrected chi connectivity index (χ2v) is 5.24. The minimum Gasteiger partial charge on any atom is -0.330 e. The maximum absolute atomic E-state index is 13.1. The van der Waals surface area contributed by atoms with Crippen LogP contribution in [-0.2, 0) is 0 Å². The number of rotatable bonds is 3. The third-order valence-electron chi connectivity index (χ3n) is 3.63. The Morgan fingerprint density at radius 1 is 1.50 bits per heavy atom. The lowest BCUT2D eigenvalue weighted by atomic mass is 9.96. The van der Waals surface area contributed by atoms with Gasteiger partial charge in [-0.2, -0.15) is 0 Å². The van der Waals surface area contributed by atoms with Crippen LogP contribution < -0.4 is 5.73 Å². The first-order chi connectivity index (χ1) is 8.54. The Bertz CT molecular complexity index is 425. The number of hydrogen-bond donors (Lipinski definition) is 1. The lowest BCUT2D eigenvalue weighted by molar-refractivity contribution is 0.148. The number of alkyl halides is 2. The van der Waals surface area contributed by atoms with E-state index < -0.39 is 6.43 Å². The summed E-state index contributed by atoms with van der Waals surface area (Å²) in [5.74, 6) is 0.365. The van der Waals surface area contributed by atoms with Gasteiger partial charge in [0.2, 0.25) is 0 Å². The van der Waals surface area contributed by atoms with E-state index in [4.69, 9.17) is 17.3 Å². The second kappa shape index (κ2) is 5.51. The second-order valence-electron chi connectivity index (χ2n) is 4.84. The molecule has 1 fully saturated rings. The van der Waals surface area contributed by atoms with Gasteiger partial charge in [-0.1, -0.05) is 23.7 Å². The van der Waals surface area contributed by atoms with E-state index in [-0.39, 0.29) is 16.6 Å². The van der Waals surface area contributed by atoms with Crippen molar-refractivity contribution in [2.24, 2.45) is 11.7 Å². The van der Waals surface area contributed by atoms with Crippen LogP contribution >= 0.6 is 11.6 Å².